The Morgan fingerprint density at radius 1 is 1.35 bits per heavy atom. The Kier molecular flexibility index (Phi) is 5.95. The molecule has 0 saturated heterocycles. The number of alkyl halides is 1. The summed E-state index contributed by atoms with van der Waals surface area (Å²) in [6.45, 7) is 6.34. The second-order valence-electron chi connectivity index (χ2n) is 4.49. The van der Waals surface area contributed by atoms with Crippen LogP contribution >= 0.6 is 22.6 Å². The summed E-state index contributed by atoms with van der Waals surface area (Å²) in [7, 11) is 0. The second kappa shape index (κ2) is 6.99. The van der Waals surface area contributed by atoms with Crippen LogP contribution in [0.5, 0.6) is 0 Å². The molecule has 0 aromatic heterocycles. The predicted octanol–water partition coefficient (Wildman–Crippen LogP) is 3.44. The summed E-state index contributed by atoms with van der Waals surface area (Å²) in [5, 5.41) is 3.11. The van der Waals surface area contributed by atoms with E-state index in [1.165, 1.54) is 0 Å². The third-order valence-electron chi connectivity index (χ3n) is 2.93. The van der Waals surface area contributed by atoms with E-state index < -0.39 is 0 Å². The fourth-order valence-electron chi connectivity index (χ4n) is 1.68. The minimum atomic E-state index is 0.0535. The van der Waals surface area contributed by atoms with Crippen LogP contribution in [0.4, 0.5) is 0 Å². The van der Waals surface area contributed by atoms with Gasteiger partial charge in [-0.3, -0.25) is 4.79 Å². The Hall–Kier alpha value is -0.580. The molecule has 1 aromatic carbocycles. The molecular weight excluding hydrogens is 325 g/mol. The first-order valence-corrected chi connectivity index (χ1v) is 7.57. The fraction of sp³-hybridized carbons (Fsp3) is 0.500. The molecule has 0 heterocycles. The molecule has 0 aliphatic rings. The Morgan fingerprint density at radius 2 is 2.00 bits per heavy atom. The van der Waals surface area contributed by atoms with Crippen molar-refractivity contribution in [2.24, 2.45) is 5.92 Å². The van der Waals surface area contributed by atoms with Gasteiger partial charge in [-0.1, -0.05) is 61.6 Å². The van der Waals surface area contributed by atoms with Gasteiger partial charge in [-0.15, -0.1) is 0 Å². The summed E-state index contributed by atoms with van der Waals surface area (Å²) in [6.07, 6.45) is 0.889. The van der Waals surface area contributed by atoms with Crippen LogP contribution in [0.3, 0.4) is 0 Å². The highest BCUT2D eigenvalue weighted by molar-refractivity contribution is 14.1. The number of hydrogen-bond acceptors (Lipinski definition) is 1. The van der Waals surface area contributed by atoms with Gasteiger partial charge in [-0.2, -0.15) is 0 Å². The quantitative estimate of drug-likeness (QED) is 0.643. The first kappa shape index (κ1) is 14.5. The summed E-state index contributed by atoms with van der Waals surface area (Å²) in [6, 6.07) is 8.06. The molecule has 1 unspecified atom stereocenters. The number of halogens is 1. The van der Waals surface area contributed by atoms with Gasteiger partial charge in [0.1, 0.15) is 0 Å². The number of nitrogens with one attached hydrogen (secondary N) is 1. The SMILES string of the molecule is CCc1ccccc1C(=O)NC(CI)C(C)C. The molecule has 94 valence electrons. The largest absolute Gasteiger partial charge is 0.348 e. The zero-order valence-corrected chi connectivity index (χ0v) is 12.8. The van der Waals surface area contributed by atoms with Crippen LogP contribution in [-0.4, -0.2) is 16.4 Å². The highest BCUT2D eigenvalue weighted by Gasteiger charge is 2.17. The topological polar surface area (TPSA) is 29.1 Å². The minimum absolute atomic E-state index is 0.0535. The highest BCUT2D eigenvalue weighted by atomic mass is 127. The number of carbonyl (C=O) groups excluding carboxylic acids is 1. The Labute approximate surface area is 117 Å². The smallest absolute Gasteiger partial charge is 0.251 e. The monoisotopic (exact) mass is 345 g/mol. The molecule has 1 atom stereocenters. The lowest BCUT2D eigenvalue weighted by Gasteiger charge is -2.20. The van der Waals surface area contributed by atoms with E-state index in [-0.39, 0.29) is 11.9 Å². The molecule has 1 rings (SSSR count). The van der Waals surface area contributed by atoms with E-state index in [9.17, 15) is 4.79 Å². The maximum Gasteiger partial charge on any atom is 0.251 e. The maximum absolute atomic E-state index is 12.2. The zero-order valence-electron chi connectivity index (χ0n) is 10.7. The number of aryl methyl sites for hydroxylation is 1. The van der Waals surface area contributed by atoms with Crippen LogP contribution in [0.15, 0.2) is 24.3 Å². The van der Waals surface area contributed by atoms with Gasteiger partial charge >= 0.3 is 0 Å². The highest BCUT2D eigenvalue weighted by Crippen LogP contribution is 2.11. The lowest BCUT2D eigenvalue weighted by molar-refractivity contribution is 0.0931. The van der Waals surface area contributed by atoms with Gasteiger partial charge in [0.25, 0.3) is 5.91 Å². The molecule has 0 aliphatic heterocycles. The van der Waals surface area contributed by atoms with Crippen molar-refractivity contribution < 1.29 is 4.79 Å². The van der Waals surface area contributed by atoms with Crippen molar-refractivity contribution >= 4 is 28.5 Å². The van der Waals surface area contributed by atoms with Crippen LogP contribution in [0.1, 0.15) is 36.7 Å². The molecule has 17 heavy (non-hydrogen) atoms. The van der Waals surface area contributed by atoms with E-state index in [4.69, 9.17) is 0 Å². The van der Waals surface area contributed by atoms with E-state index in [1.807, 2.05) is 24.3 Å². The molecule has 3 heteroatoms. The summed E-state index contributed by atoms with van der Waals surface area (Å²) >= 11 is 2.32. The normalized spacial score (nSPS) is 12.5. The van der Waals surface area contributed by atoms with Crippen LogP contribution in [-0.2, 0) is 6.42 Å². The number of benzene rings is 1. The van der Waals surface area contributed by atoms with Crippen LogP contribution in [0.25, 0.3) is 0 Å². The van der Waals surface area contributed by atoms with Crippen molar-refractivity contribution in [3.05, 3.63) is 35.4 Å². The summed E-state index contributed by atoms with van der Waals surface area (Å²) in [4.78, 5) is 12.2. The second-order valence-corrected chi connectivity index (χ2v) is 5.37. The van der Waals surface area contributed by atoms with Crippen LogP contribution < -0.4 is 5.32 Å². The van der Waals surface area contributed by atoms with Gasteiger partial charge in [0, 0.05) is 16.0 Å². The molecule has 0 fully saturated rings. The molecule has 0 bridgehead atoms. The van der Waals surface area contributed by atoms with E-state index >= 15 is 0 Å². The minimum Gasteiger partial charge on any atom is -0.348 e. The molecule has 0 aliphatic carbocycles. The third-order valence-corrected chi connectivity index (χ3v) is 3.88. The number of amides is 1. The van der Waals surface area contributed by atoms with E-state index in [0.29, 0.717) is 5.92 Å². The molecule has 1 aromatic rings. The number of carbonyl (C=O) groups is 1. The molecule has 0 radical (unpaired) electrons. The molecule has 0 spiro atoms. The van der Waals surface area contributed by atoms with Gasteiger partial charge in [0.2, 0.25) is 0 Å². The zero-order chi connectivity index (χ0) is 12.8. The van der Waals surface area contributed by atoms with Gasteiger partial charge in [0.15, 0.2) is 0 Å². The summed E-state index contributed by atoms with van der Waals surface area (Å²) in [5.41, 5.74) is 1.92. The molecule has 1 amide bonds. The predicted molar refractivity (Wildman–Crippen MR) is 80.8 cm³/mol. The van der Waals surface area contributed by atoms with Gasteiger partial charge in [-0.05, 0) is 24.0 Å². The Bertz CT molecular complexity index is 376. The average molecular weight is 345 g/mol. The summed E-state index contributed by atoms with van der Waals surface area (Å²) < 4.78 is 0.940. The van der Waals surface area contributed by atoms with Crippen molar-refractivity contribution in [2.45, 2.75) is 33.2 Å². The van der Waals surface area contributed by atoms with E-state index in [2.05, 4.69) is 48.7 Å². The van der Waals surface area contributed by atoms with Crippen molar-refractivity contribution in [3.63, 3.8) is 0 Å². The Morgan fingerprint density at radius 3 is 2.53 bits per heavy atom. The molecule has 1 N–H and O–H groups in total. The lowest BCUT2D eigenvalue weighted by Crippen LogP contribution is -2.40. The van der Waals surface area contributed by atoms with Crippen molar-refractivity contribution in [1.82, 2.24) is 5.32 Å². The van der Waals surface area contributed by atoms with E-state index in [1.54, 1.807) is 0 Å². The van der Waals surface area contributed by atoms with Crippen molar-refractivity contribution in [2.75, 3.05) is 4.43 Å². The van der Waals surface area contributed by atoms with Gasteiger partial charge in [-0.25, -0.2) is 0 Å². The third kappa shape index (κ3) is 3.98. The van der Waals surface area contributed by atoms with Gasteiger partial charge in [0.05, 0.1) is 0 Å². The standard InChI is InChI=1S/C14H20INO/c1-4-11-7-5-6-8-12(11)14(17)16-13(9-15)10(2)3/h5-8,10,13H,4,9H2,1-3H3,(H,16,17). The fourth-order valence-corrected chi connectivity index (χ4v) is 2.92. The molecule has 2 nitrogen and oxygen atoms in total. The number of hydrogen-bond donors (Lipinski definition) is 1. The Balaban J connectivity index is 2.82. The van der Waals surface area contributed by atoms with Crippen LogP contribution in [0, 0.1) is 5.92 Å². The maximum atomic E-state index is 12.2. The number of rotatable bonds is 5. The molecular formula is C14H20INO. The van der Waals surface area contributed by atoms with Crippen molar-refractivity contribution in [1.29, 1.82) is 0 Å². The lowest BCUT2D eigenvalue weighted by atomic mass is 10.0. The first-order valence-electron chi connectivity index (χ1n) is 6.04. The van der Waals surface area contributed by atoms with Crippen molar-refractivity contribution in [3.8, 4) is 0 Å². The summed E-state index contributed by atoms with van der Waals surface area (Å²) in [5.74, 6) is 0.516. The van der Waals surface area contributed by atoms with Crippen LogP contribution in [0.2, 0.25) is 0 Å². The average Bonchev–Trinajstić information content (AvgIpc) is 2.35. The van der Waals surface area contributed by atoms with E-state index in [0.717, 1.165) is 22.0 Å². The van der Waals surface area contributed by atoms with Gasteiger partial charge < -0.3 is 5.32 Å². The first-order chi connectivity index (χ1) is 8.10. The molecule has 0 saturated carbocycles.